The molecule has 1 N–H and O–H groups in total. The zero-order valence-electron chi connectivity index (χ0n) is 12.2. The first kappa shape index (κ1) is 15.3. The number of hydrogen-bond acceptors (Lipinski definition) is 4. The molecule has 0 amide bonds. The fourth-order valence-electron chi connectivity index (χ4n) is 1.79. The SMILES string of the molecule is Cc1cc(S(=O)(=O)Nc2ccccn2)ccc1OC(C)C. The molecule has 0 fully saturated rings. The van der Waals surface area contributed by atoms with Gasteiger partial charge in [0, 0.05) is 6.20 Å². The molecule has 0 aliphatic rings. The maximum absolute atomic E-state index is 12.3. The molecule has 21 heavy (non-hydrogen) atoms. The lowest BCUT2D eigenvalue weighted by molar-refractivity contribution is 0.240. The standard InChI is InChI=1S/C15H18N2O3S/c1-11(2)20-14-8-7-13(10-12(14)3)21(18,19)17-15-6-4-5-9-16-15/h4-11H,1-3H3,(H,16,17). The fraction of sp³-hybridized carbons (Fsp3) is 0.267. The lowest BCUT2D eigenvalue weighted by atomic mass is 10.2. The Morgan fingerprint density at radius 3 is 2.52 bits per heavy atom. The van der Waals surface area contributed by atoms with Gasteiger partial charge in [0.25, 0.3) is 10.0 Å². The second-order valence-corrected chi connectivity index (χ2v) is 6.60. The smallest absolute Gasteiger partial charge is 0.263 e. The average Bonchev–Trinajstić information content (AvgIpc) is 2.41. The summed E-state index contributed by atoms with van der Waals surface area (Å²) in [5.74, 6) is 0.972. The van der Waals surface area contributed by atoms with Crippen molar-refractivity contribution in [2.24, 2.45) is 0 Å². The summed E-state index contributed by atoms with van der Waals surface area (Å²) in [6, 6.07) is 9.82. The molecule has 5 nitrogen and oxygen atoms in total. The number of sulfonamides is 1. The third-order valence-corrected chi connectivity index (χ3v) is 4.08. The molecule has 1 aromatic carbocycles. The molecule has 0 unspecified atom stereocenters. The van der Waals surface area contributed by atoms with Crippen molar-refractivity contribution in [1.82, 2.24) is 4.98 Å². The first-order chi connectivity index (χ1) is 9.88. The van der Waals surface area contributed by atoms with Gasteiger partial charge in [0.1, 0.15) is 11.6 Å². The molecular formula is C15H18N2O3S. The number of aromatic nitrogens is 1. The van der Waals surface area contributed by atoms with Crippen molar-refractivity contribution in [2.45, 2.75) is 31.8 Å². The Hall–Kier alpha value is -2.08. The summed E-state index contributed by atoms with van der Waals surface area (Å²) in [5, 5.41) is 0. The van der Waals surface area contributed by atoms with Gasteiger partial charge in [-0.3, -0.25) is 4.72 Å². The molecule has 0 radical (unpaired) electrons. The van der Waals surface area contributed by atoms with E-state index in [9.17, 15) is 8.42 Å². The van der Waals surface area contributed by atoms with Gasteiger partial charge in [-0.25, -0.2) is 13.4 Å². The molecule has 0 saturated heterocycles. The Morgan fingerprint density at radius 1 is 1.19 bits per heavy atom. The van der Waals surface area contributed by atoms with Crippen LogP contribution < -0.4 is 9.46 Å². The van der Waals surface area contributed by atoms with Gasteiger partial charge < -0.3 is 4.74 Å². The molecule has 2 rings (SSSR count). The topological polar surface area (TPSA) is 68.3 Å². The Bertz CT molecular complexity index is 713. The number of nitrogens with zero attached hydrogens (tertiary/aromatic N) is 1. The van der Waals surface area contributed by atoms with E-state index >= 15 is 0 Å². The summed E-state index contributed by atoms with van der Waals surface area (Å²) < 4.78 is 32.6. The largest absolute Gasteiger partial charge is 0.491 e. The summed E-state index contributed by atoms with van der Waals surface area (Å²) in [7, 11) is -3.65. The van der Waals surface area contributed by atoms with E-state index in [1.807, 2.05) is 20.8 Å². The number of aryl methyl sites for hydroxylation is 1. The van der Waals surface area contributed by atoms with E-state index < -0.39 is 10.0 Å². The minimum atomic E-state index is -3.65. The van der Waals surface area contributed by atoms with Crippen molar-refractivity contribution in [3.8, 4) is 5.75 Å². The van der Waals surface area contributed by atoms with Gasteiger partial charge in [0.15, 0.2) is 0 Å². The molecule has 1 heterocycles. The lowest BCUT2D eigenvalue weighted by Gasteiger charge is -2.14. The molecule has 0 aliphatic heterocycles. The van der Waals surface area contributed by atoms with E-state index in [1.54, 1.807) is 30.3 Å². The van der Waals surface area contributed by atoms with E-state index in [0.29, 0.717) is 5.75 Å². The normalized spacial score (nSPS) is 11.4. The van der Waals surface area contributed by atoms with Gasteiger partial charge in [-0.05, 0) is 56.7 Å². The van der Waals surface area contributed by atoms with Crippen LogP contribution in [0.3, 0.4) is 0 Å². The van der Waals surface area contributed by atoms with Crippen LogP contribution in [0.1, 0.15) is 19.4 Å². The van der Waals surface area contributed by atoms with Crippen LogP contribution in [0, 0.1) is 6.92 Å². The van der Waals surface area contributed by atoms with Crippen molar-refractivity contribution in [2.75, 3.05) is 4.72 Å². The van der Waals surface area contributed by atoms with Gasteiger partial charge in [0.2, 0.25) is 0 Å². The number of rotatable bonds is 5. The maximum Gasteiger partial charge on any atom is 0.263 e. The van der Waals surface area contributed by atoms with Crippen molar-refractivity contribution in [1.29, 1.82) is 0 Å². The lowest BCUT2D eigenvalue weighted by Crippen LogP contribution is -2.14. The predicted octanol–water partition coefficient (Wildman–Crippen LogP) is 2.98. The molecule has 0 atom stereocenters. The van der Waals surface area contributed by atoms with Gasteiger partial charge in [-0.15, -0.1) is 0 Å². The number of benzene rings is 1. The number of hydrogen-bond donors (Lipinski definition) is 1. The maximum atomic E-state index is 12.3. The first-order valence-electron chi connectivity index (χ1n) is 6.59. The Morgan fingerprint density at radius 2 is 1.95 bits per heavy atom. The molecule has 1 aromatic heterocycles. The minimum absolute atomic E-state index is 0.0396. The molecule has 112 valence electrons. The van der Waals surface area contributed by atoms with Crippen molar-refractivity contribution in [3.05, 3.63) is 48.2 Å². The molecule has 0 saturated carbocycles. The number of pyridine rings is 1. The third kappa shape index (κ3) is 3.95. The highest BCUT2D eigenvalue weighted by Gasteiger charge is 2.16. The van der Waals surface area contributed by atoms with E-state index in [-0.39, 0.29) is 16.8 Å². The summed E-state index contributed by atoms with van der Waals surface area (Å²) in [6.07, 6.45) is 1.57. The van der Waals surface area contributed by atoms with Gasteiger partial charge in [-0.1, -0.05) is 6.07 Å². The number of nitrogens with one attached hydrogen (secondary N) is 1. The van der Waals surface area contributed by atoms with Crippen LogP contribution in [0.2, 0.25) is 0 Å². The van der Waals surface area contributed by atoms with Gasteiger partial charge in [-0.2, -0.15) is 0 Å². The molecule has 0 bridgehead atoms. The van der Waals surface area contributed by atoms with Crippen LogP contribution >= 0.6 is 0 Å². The summed E-state index contributed by atoms with van der Waals surface area (Å²) in [6.45, 7) is 5.66. The van der Waals surface area contributed by atoms with Crippen LogP contribution in [-0.2, 0) is 10.0 Å². The third-order valence-electron chi connectivity index (χ3n) is 2.72. The monoisotopic (exact) mass is 306 g/mol. The fourth-order valence-corrected chi connectivity index (χ4v) is 2.89. The molecule has 6 heteroatoms. The Balaban J connectivity index is 2.27. The van der Waals surface area contributed by atoms with E-state index in [1.165, 1.54) is 12.3 Å². The predicted molar refractivity (Wildman–Crippen MR) is 82.0 cm³/mol. The van der Waals surface area contributed by atoms with Crippen LogP contribution in [-0.4, -0.2) is 19.5 Å². The second kappa shape index (κ2) is 6.13. The molecule has 0 spiro atoms. The summed E-state index contributed by atoms with van der Waals surface area (Å²) >= 11 is 0. The van der Waals surface area contributed by atoms with E-state index in [4.69, 9.17) is 4.74 Å². The molecule has 2 aromatic rings. The molecular weight excluding hydrogens is 288 g/mol. The summed E-state index contributed by atoms with van der Waals surface area (Å²) in [4.78, 5) is 4.14. The van der Waals surface area contributed by atoms with Gasteiger partial charge in [0.05, 0.1) is 11.0 Å². The number of anilines is 1. The Labute approximate surface area is 125 Å². The first-order valence-corrected chi connectivity index (χ1v) is 8.08. The van der Waals surface area contributed by atoms with Crippen molar-refractivity contribution >= 4 is 15.8 Å². The number of ether oxygens (including phenoxy) is 1. The van der Waals surface area contributed by atoms with Gasteiger partial charge >= 0.3 is 0 Å². The minimum Gasteiger partial charge on any atom is -0.491 e. The highest BCUT2D eigenvalue weighted by Crippen LogP contribution is 2.23. The van der Waals surface area contributed by atoms with Crippen LogP contribution in [0.4, 0.5) is 5.82 Å². The summed E-state index contributed by atoms with van der Waals surface area (Å²) in [5.41, 5.74) is 0.771. The average molecular weight is 306 g/mol. The zero-order chi connectivity index (χ0) is 15.5. The van der Waals surface area contributed by atoms with Crippen LogP contribution in [0.15, 0.2) is 47.5 Å². The Kier molecular flexibility index (Phi) is 4.47. The van der Waals surface area contributed by atoms with E-state index in [0.717, 1.165) is 5.56 Å². The van der Waals surface area contributed by atoms with Crippen LogP contribution in [0.5, 0.6) is 5.75 Å². The van der Waals surface area contributed by atoms with Crippen molar-refractivity contribution in [3.63, 3.8) is 0 Å². The van der Waals surface area contributed by atoms with Crippen LogP contribution in [0.25, 0.3) is 0 Å². The zero-order valence-corrected chi connectivity index (χ0v) is 13.0. The second-order valence-electron chi connectivity index (χ2n) is 4.91. The molecule has 0 aliphatic carbocycles. The van der Waals surface area contributed by atoms with Crippen molar-refractivity contribution < 1.29 is 13.2 Å². The highest BCUT2D eigenvalue weighted by molar-refractivity contribution is 7.92. The van der Waals surface area contributed by atoms with E-state index in [2.05, 4.69) is 9.71 Å². The quantitative estimate of drug-likeness (QED) is 0.922. The highest BCUT2D eigenvalue weighted by atomic mass is 32.2.